The Balaban J connectivity index is 3.00. The van der Waals surface area contributed by atoms with Crippen LogP contribution in [0.25, 0.3) is 0 Å². The van der Waals surface area contributed by atoms with Crippen molar-refractivity contribution in [2.24, 2.45) is 0 Å². The third-order valence-corrected chi connectivity index (χ3v) is 4.28. The fourth-order valence-corrected chi connectivity index (χ4v) is 3.00. The SMILES string of the molecule is CC(C)NS(=O)(=O)c1ccccc1NCC(C)(O)CO. The molecule has 114 valence electrons. The molecule has 1 unspecified atom stereocenters. The lowest BCUT2D eigenvalue weighted by Crippen LogP contribution is -2.37. The zero-order valence-corrected chi connectivity index (χ0v) is 12.7. The van der Waals surface area contributed by atoms with Crippen LogP contribution >= 0.6 is 0 Å². The molecule has 0 saturated carbocycles. The van der Waals surface area contributed by atoms with Crippen LogP contribution in [0.3, 0.4) is 0 Å². The average molecular weight is 302 g/mol. The minimum Gasteiger partial charge on any atom is -0.393 e. The highest BCUT2D eigenvalue weighted by atomic mass is 32.2. The number of aliphatic hydroxyl groups is 2. The molecule has 0 spiro atoms. The van der Waals surface area contributed by atoms with Crippen molar-refractivity contribution in [1.29, 1.82) is 0 Å². The van der Waals surface area contributed by atoms with Crippen LogP contribution in [-0.2, 0) is 10.0 Å². The summed E-state index contributed by atoms with van der Waals surface area (Å²) in [6, 6.07) is 6.21. The molecule has 0 bridgehead atoms. The second kappa shape index (κ2) is 6.53. The quantitative estimate of drug-likeness (QED) is 0.589. The molecule has 0 aliphatic carbocycles. The van der Waals surface area contributed by atoms with Crippen molar-refractivity contribution in [2.75, 3.05) is 18.5 Å². The van der Waals surface area contributed by atoms with E-state index in [1.54, 1.807) is 32.0 Å². The average Bonchev–Trinajstić information content (AvgIpc) is 2.35. The van der Waals surface area contributed by atoms with E-state index in [4.69, 9.17) is 5.11 Å². The molecule has 1 rings (SSSR count). The Kier molecular flexibility index (Phi) is 5.52. The predicted octanol–water partition coefficient (Wildman–Crippen LogP) is 0.528. The minimum absolute atomic E-state index is 0.0394. The normalized spacial score (nSPS) is 15.1. The highest BCUT2D eigenvalue weighted by Gasteiger charge is 2.22. The van der Waals surface area contributed by atoms with E-state index in [9.17, 15) is 13.5 Å². The van der Waals surface area contributed by atoms with Crippen LogP contribution in [0.4, 0.5) is 5.69 Å². The first-order valence-electron chi connectivity index (χ1n) is 6.36. The molecule has 0 amide bonds. The van der Waals surface area contributed by atoms with E-state index in [2.05, 4.69) is 10.0 Å². The summed E-state index contributed by atoms with van der Waals surface area (Å²) < 4.78 is 26.9. The zero-order valence-electron chi connectivity index (χ0n) is 11.9. The maximum atomic E-state index is 12.2. The van der Waals surface area contributed by atoms with Gasteiger partial charge in [-0.05, 0) is 32.9 Å². The van der Waals surface area contributed by atoms with Gasteiger partial charge in [0.05, 0.1) is 12.3 Å². The second-order valence-corrected chi connectivity index (χ2v) is 6.96. The molecule has 1 atom stereocenters. The van der Waals surface area contributed by atoms with Crippen LogP contribution in [0.5, 0.6) is 0 Å². The number of benzene rings is 1. The van der Waals surface area contributed by atoms with Crippen molar-refractivity contribution in [2.45, 2.75) is 37.3 Å². The zero-order chi connectivity index (χ0) is 15.4. The van der Waals surface area contributed by atoms with Gasteiger partial charge in [0.25, 0.3) is 0 Å². The van der Waals surface area contributed by atoms with Gasteiger partial charge in [-0.2, -0.15) is 0 Å². The Morgan fingerprint density at radius 1 is 1.30 bits per heavy atom. The summed E-state index contributed by atoms with van der Waals surface area (Å²) >= 11 is 0. The molecule has 4 N–H and O–H groups in total. The van der Waals surface area contributed by atoms with Crippen molar-refractivity contribution >= 4 is 15.7 Å². The van der Waals surface area contributed by atoms with E-state index in [0.717, 1.165) is 0 Å². The molecular formula is C13H22N2O4S. The van der Waals surface area contributed by atoms with Crippen molar-refractivity contribution in [3.63, 3.8) is 0 Å². The van der Waals surface area contributed by atoms with Crippen LogP contribution in [0, 0.1) is 0 Å². The maximum absolute atomic E-state index is 12.2. The van der Waals surface area contributed by atoms with Crippen LogP contribution in [0.2, 0.25) is 0 Å². The van der Waals surface area contributed by atoms with Crippen molar-refractivity contribution in [3.05, 3.63) is 24.3 Å². The molecule has 0 aliphatic heterocycles. The van der Waals surface area contributed by atoms with Crippen LogP contribution in [0.1, 0.15) is 20.8 Å². The fraction of sp³-hybridized carbons (Fsp3) is 0.538. The molecule has 0 aliphatic rings. The van der Waals surface area contributed by atoms with Crippen molar-refractivity contribution in [1.82, 2.24) is 4.72 Å². The molecule has 0 heterocycles. The maximum Gasteiger partial charge on any atom is 0.242 e. The standard InChI is InChI=1S/C13H22N2O4S/c1-10(2)15-20(18,19)12-7-5-4-6-11(12)14-8-13(3,17)9-16/h4-7,10,14-17H,8-9H2,1-3H3. The van der Waals surface area contributed by atoms with Gasteiger partial charge in [-0.15, -0.1) is 0 Å². The summed E-state index contributed by atoms with van der Waals surface area (Å²) in [4.78, 5) is 0.113. The van der Waals surface area contributed by atoms with Gasteiger partial charge in [-0.1, -0.05) is 12.1 Å². The molecule has 7 heteroatoms. The molecule has 0 aromatic heterocycles. The second-order valence-electron chi connectivity index (χ2n) is 5.28. The summed E-state index contributed by atoms with van der Waals surface area (Å²) in [5.41, 5.74) is -0.933. The fourth-order valence-electron chi connectivity index (χ4n) is 1.56. The van der Waals surface area contributed by atoms with Gasteiger partial charge >= 0.3 is 0 Å². The van der Waals surface area contributed by atoms with Crippen LogP contribution in [0.15, 0.2) is 29.2 Å². The monoisotopic (exact) mass is 302 g/mol. The molecule has 0 saturated heterocycles. The van der Waals surface area contributed by atoms with E-state index < -0.39 is 22.2 Å². The molecule has 1 aromatic rings. The number of nitrogens with one attached hydrogen (secondary N) is 2. The molecular weight excluding hydrogens is 280 g/mol. The lowest BCUT2D eigenvalue weighted by atomic mass is 10.1. The number of para-hydroxylation sites is 1. The smallest absolute Gasteiger partial charge is 0.242 e. The number of aliphatic hydroxyl groups excluding tert-OH is 1. The summed E-state index contributed by atoms with van der Waals surface area (Å²) in [6.45, 7) is 4.56. The highest BCUT2D eigenvalue weighted by Crippen LogP contribution is 2.21. The predicted molar refractivity (Wildman–Crippen MR) is 78.1 cm³/mol. The van der Waals surface area contributed by atoms with Crippen LogP contribution < -0.4 is 10.0 Å². The van der Waals surface area contributed by atoms with Gasteiger partial charge in [0, 0.05) is 12.6 Å². The summed E-state index contributed by atoms with van der Waals surface area (Å²) in [5.74, 6) is 0. The van der Waals surface area contributed by atoms with Crippen molar-refractivity contribution < 1.29 is 18.6 Å². The molecule has 0 radical (unpaired) electrons. The topological polar surface area (TPSA) is 98.7 Å². The molecule has 6 nitrogen and oxygen atoms in total. The lowest BCUT2D eigenvalue weighted by Gasteiger charge is -2.22. The molecule has 1 aromatic carbocycles. The first kappa shape index (κ1) is 16.9. The Bertz CT molecular complexity index is 541. The Morgan fingerprint density at radius 3 is 2.45 bits per heavy atom. The Labute approximate surface area is 119 Å². The third kappa shape index (κ3) is 4.75. The Morgan fingerprint density at radius 2 is 1.90 bits per heavy atom. The van der Waals surface area contributed by atoms with Gasteiger partial charge < -0.3 is 15.5 Å². The first-order chi connectivity index (χ1) is 9.18. The van der Waals surface area contributed by atoms with Crippen LogP contribution in [-0.4, -0.2) is 43.4 Å². The summed E-state index contributed by atoms with van der Waals surface area (Å²) in [7, 11) is -3.62. The molecule has 0 fully saturated rings. The number of hydrogen-bond acceptors (Lipinski definition) is 5. The largest absolute Gasteiger partial charge is 0.393 e. The van der Waals surface area contributed by atoms with E-state index in [0.29, 0.717) is 5.69 Å². The number of anilines is 1. The highest BCUT2D eigenvalue weighted by molar-refractivity contribution is 7.89. The van der Waals surface area contributed by atoms with Gasteiger partial charge in [0.2, 0.25) is 10.0 Å². The van der Waals surface area contributed by atoms with Gasteiger partial charge in [0.15, 0.2) is 0 Å². The third-order valence-electron chi connectivity index (χ3n) is 2.57. The lowest BCUT2D eigenvalue weighted by molar-refractivity contribution is 0.0132. The van der Waals surface area contributed by atoms with E-state index in [1.165, 1.54) is 13.0 Å². The van der Waals surface area contributed by atoms with Gasteiger partial charge in [-0.3, -0.25) is 0 Å². The van der Waals surface area contributed by atoms with E-state index >= 15 is 0 Å². The van der Waals surface area contributed by atoms with Gasteiger partial charge in [-0.25, -0.2) is 13.1 Å². The molecule has 20 heavy (non-hydrogen) atoms. The van der Waals surface area contributed by atoms with E-state index in [1.807, 2.05) is 0 Å². The van der Waals surface area contributed by atoms with Gasteiger partial charge in [0.1, 0.15) is 10.5 Å². The minimum atomic E-state index is -3.62. The first-order valence-corrected chi connectivity index (χ1v) is 7.85. The summed E-state index contributed by atoms with van der Waals surface area (Å²) in [6.07, 6.45) is 0. The number of rotatable bonds is 7. The number of hydrogen-bond donors (Lipinski definition) is 4. The number of sulfonamides is 1. The Hall–Kier alpha value is -1.15. The van der Waals surface area contributed by atoms with Crippen molar-refractivity contribution in [3.8, 4) is 0 Å². The van der Waals surface area contributed by atoms with E-state index in [-0.39, 0.29) is 17.5 Å². The summed E-state index contributed by atoms with van der Waals surface area (Å²) in [5, 5.41) is 21.6.